The van der Waals surface area contributed by atoms with Gasteiger partial charge in [0.1, 0.15) is 10.7 Å². The third kappa shape index (κ3) is 6.17. The zero-order valence-corrected chi connectivity index (χ0v) is 16.5. The fourth-order valence-corrected chi connectivity index (χ4v) is 4.04. The molecule has 0 aliphatic rings. The number of amides is 2. The highest BCUT2D eigenvalue weighted by atomic mass is 32.2. The summed E-state index contributed by atoms with van der Waals surface area (Å²) in [5.41, 5.74) is 1.60. The van der Waals surface area contributed by atoms with Crippen LogP contribution in [0.3, 0.4) is 0 Å². The van der Waals surface area contributed by atoms with E-state index in [-0.39, 0.29) is 17.2 Å². The van der Waals surface area contributed by atoms with Crippen LogP contribution in [-0.4, -0.2) is 29.6 Å². The van der Waals surface area contributed by atoms with Gasteiger partial charge in [-0.25, -0.2) is 4.98 Å². The molecule has 2 amide bonds. The Hall–Kier alpha value is -1.86. The first-order valence-corrected chi connectivity index (χ1v) is 9.78. The van der Waals surface area contributed by atoms with Crippen molar-refractivity contribution in [2.45, 2.75) is 31.5 Å². The number of nitrogens with zero attached hydrogens (tertiary/aromatic N) is 1. The van der Waals surface area contributed by atoms with Gasteiger partial charge in [0.2, 0.25) is 11.8 Å². The molecule has 1 heterocycles. The summed E-state index contributed by atoms with van der Waals surface area (Å²) in [4.78, 5) is 28.4. The zero-order valence-electron chi connectivity index (χ0n) is 14.9. The summed E-state index contributed by atoms with van der Waals surface area (Å²) in [6.45, 7) is 6.09. The average Bonchev–Trinajstić information content (AvgIpc) is 2.94. The maximum absolute atomic E-state index is 12.3. The van der Waals surface area contributed by atoms with Crippen molar-refractivity contribution >= 4 is 39.9 Å². The lowest BCUT2D eigenvalue weighted by Crippen LogP contribution is -2.19. The zero-order chi connectivity index (χ0) is 18.4. The number of hydrogen-bond donors (Lipinski definition) is 2. The number of nitrogens with one attached hydrogen (secondary N) is 2. The number of carbonyl (C=O) groups excluding carboxylic acids is 2. The van der Waals surface area contributed by atoms with E-state index in [2.05, 4.69) is 15.6 Å². The van der Waals surface area contributed by atoms with Crippen molar-refractivity contribution in [3.05, 3.63) is 30.3 Å². The molecule has 0 saturated carbocycles. The maximum atomic E-state index is 12.3. The molecule has 0 fully saturated rings. The first kappa shape index (κ1) is 19.5. The van der Waals surface area contributed by atoms with Crippen molar-refractivity contribution in [3.8, 4) is 11.3 Å². The van der Waals surface area contributed by atoms with Gasteiger partial charge in [-0.1, -0.05) is 74.2 Å². The number of anilines is 1. The first-order valence-electron chi connectivity index (χ1n) is 7.98. The van der Waals surface area contributed by atoms with Crippen LogP contribution in [0.1, 0.15) is 27.2 Å². The number of aromatic nitrogens is 1. The average molecular weight is 378 g/mol. The predicted octanol–water partition coefficient (Wildman–Crippen LogP) is 4.02. The molecule has 0 aliphatic heterocycles. The van der Waals surface area contributed by atoms with Gasteiger partial charge < -0.3 is 10.6 Å². The monoisotopic (exact) mass is 377 g/mol. The third-order valence-corrected chi connectivity index (χ3v) is 5.32. The number of benzene rings is 1. The summed E-state index contributed by atoms with van der Waals surface area (Å²) < 4.78 is 0.758. The molecule has 1 aromatic carbocycles. The minimum Gasteiger partial charge on any atom is -0.358 e. The van der Waals surface area contributed by atoms with Gasteiger partial charge in [-0.05, 0) is 5.41 Å². The second kappa shape index (κ2) is 8.49. The SMILES string of the molecule is CNC(=O)CSc1nc(-c2ccccc2)c(NC(=O)CC(C)(C)C)s1. The second-order valence-electron chi connectivity index (χ2n) is 6.77. The van der Waals surface area contributed by atoms with Crippen LogP contribution in [0, 0.1) is 5.41 Å². The maximum Gasteiger partial charge on any atom is 0.230 e. The molecule has 7 heteroatoms. The fraction of sp³-hybridized carbons (Fsp3) is 0.389. The third-order valence-electron chi connectivity index (χ3n) is 3.20. The van der Waals surface area contributed by atoms with Crippen molar-refractivity contribution in [2.24, 2.45) is 5.41 Å². The Morgan fingerprint density at radius 2 is 1.84 bits per heavy atom. The molecule has 2 rings (SSSR count). The molecule has 0 spiro atoms. The van der Waals surface area contributed by atoms with E-state index < -0.39 is 0 Å². The molecule has 0 radical (unpaired) electrons. The van der Waals surface area contributed by atoms with E-state index in [0.29, 0.717) is 12.2 Å². The molecule has 5 nitrogen and oxygen atoms in total. The van der Waals surface area contributed by atoms with Crippen molar-refractivity contribution in [2.75, 3.05) is 18.1 Å². The lowest BCUT2D eigenvalue weighted by Gasteiger charge is -2.17. The van der Waals surface area contributed by atoms with E-state index in [1.165, 1.54) is 23.1 Å². The van der Waals surface area contributed by atoms with Gasteiger partial charge >= 0.3 is 0 Å². The van der Waals surface area contributed by atoms with Crippen LogP contribution < -0.4 is 10.6 Å². The van der Waals surface area contributed by atoms with Crippen LogP contribution in [0.25, 0.3) is 11.3 Å². The first-order chi connectivity index (χ1) is 11.8. The van der Waals surface area contributed by atoms with Gasteiger partial charge in [-0.15, -0.1) is 0 Å². The number of rotatable bonds is 6. The Balaban J connectivity index is 2.24. The van der Waals surface area contributed by atoms with Crippen LogP contribution >= 0.6 is 23.1 Å². The summed E-state index contributed by atoms with van der Waals surface area (Å²) in [6.07, 6.45) is 0.430. The molecule has 134 valence electrons. The van der Waals surface area contributed by atoms with Crippen LogP contribution in [-0.2, 0) is 9.59 Å². The quantitative estimate of drug-likeness (QED) is 0.746. The topological polar surface area (TPSA) is 71.1 Å². The van der Waals surface area contributed by atoms with Crippen LogP contribution in [0.5, 0.6) is 0 Å². The van der Waals surface area contributed by atoms with Crippen LogP contribution in [0.2, 0.25) is 0 Å². The minimum atomic E-state index is -0.0848. The van der Waals surface area contributed by atoms with Crippen LogP contribution in [0.15, 0.2) is 34.7 Å². The van der Waals surface area contributed by atoms with Crippen molar-refractivity contribution < 1.29 is 9.59 Å². The van der Waals surface area contributed by atoms with Gasteiger partial charge in [-0.3, -0.25) is 9.59 Å². The summed E-state index contributed by atoms with van der Waals surface area (Å²) in [6, 6.07) is 9.73. The Morgan fingerprint density at radius 3 is 2.44 bits per heavy atom. The van der Waals surface area contributed by atoms with Crippen molar-refractivity contribution in [3.63, 3.8) is 0 Å². The van der Waals surface area contributed by atoms with Gasteiger partial charge in [0.05, 0.1) is 5.75 Å². The molecule has 2 aromatic rings. The highest BCUT2D eigenvalue weighted by Crippen LogP contribution is 2.38. The molecular formula is C18H23N3O2S2. The van der Waals surface area contributed by atoms with E-state index in [9.17, 15) is 9.59 Å². The predicted molar refractivity (Wildman–Crippen MR) is 105 cm³/mol. The Morgan fingerprint density at radius 1 is 1.16 bits per heavy atom. The Labute approximate surface area is 156 Å². The van der Waals surface area contributed by atoms with E-state index in [4.69, 9.17) is 0 Å². The summed E-state index contributed by atoms with van der Waals surface area (Å²) in [5, 5.41) is 6.31. The van der Waals surface area contributed by atoms with E-state index in [1.807, 2.05) is 51.1 Å². The lowest BCUT2D eigenvalue weighted by atomic mass is 9.92. The second-order valence-corrected chi connectivity index (χ2v) is 8.99. The molecule has 0 bridgehead atoms. The largest absolute Gasteiger partial charge is 0.358 e. The molecular weight excluding hydrogens is 354 g/mol. The summed E-state index contributed by atoms with van der Waals surface area (Å²) in [7, 11) is 1.61. The Bertz CT molecular complexity index is 737. The normalized spacial score (nSPS) is 11.2. The molecule has 0 saturated heterocycles. The van der Waals surface area contributed by atoms with E-state index >= 15 is 0 Å². The van der Waals surface area contributed by atoms with Crippen molar-refractivity contribution in [1.82, 2.24) is 10.3 Å². The lowest BCUT2D eigenvalue weighted by molar-refractivity contribution is -0.118. The summed E-state index contributed by atoms with van der Waals surface area (Å²) in [5.74, 6) is 0.212. The molecule has 0 aliphatic carbocycles. The number of hydrogen-bond acceptors (Lipinski definition) is 5. The summed E-state index contributed by atoms with van der Waals surface area (Å²) >= 11 is 2.77. The fourth-order valence-electron chi connectivity index (χ4n) is 2.09. The van der Waals surface area contributed by atoms with Crippen LogP contribution in [0.4, 0.5) is 5.00 Å². The van der Waals surface area contributed by atoms with E-state index in [1.54, 1.807) is 7.05 Å². The van der Waals surface area contributed by atoms with Gasteiger partial charge in [0.25, 0.3) is 0 Å². The van der Waals surface area contributed by atoms with Gasteiger partial charge in [0, 0.05) is 19.0 Å². The highest BCUT2D eigenvalue weighted by Gasteiger charge is 2.20. The number of carbonyl (C=O) groups is 2. The standard InChI is InChI=1S/C18H23N3O2S2/c1-18(2,3)10-13(22)20-16-15(12-8-6-5-7-9-12)21-17(25-16)24-11-14(23)19-4/h5-9H,10-11H2,1-4H3,(H,19,23)(H,20,22). The van der Waals surface area contributed by atoms with Gasteiger partial charge in [-0.2, -0.15) is 0 Å². The van der Waals surface area contributed by atoms with Crippen molar-refractivity contribution in [1.29, 1.82) is 0 Å². The molecule has 25 heavy (non-hydrogen) atoms. The number of thioether (sulfide) groups is 1. The smallest absolute Gasteiger partial charge is 0.230 e. The highest BCUT2D eigenvalue weighted by molar-refractivity contribution is 8.01. The molecule has 2 N–H and O–H groups in total. The molecule has 0 unspecified atom stereocenters. The van der Waals surface area contributed by atoms with E-state index in [0.717, 1.165) is 20.6 Å². The number of thiazole rings is 1. The molecule has 1 aromatic heterocycles. The van der Waals surface area contributed by atoms with Gasteiger partial charge in [0.15, 0.2) is 4.34 Å². The Kier molecular flexibility index (Phi) is 6.61. The molecule has 0 atom stereocenters. The minimum absolute atomic E-state index is 0.0313.